The van der Waals surface area contributed by atoms with E-state index >= 15 is 0 Å². The third-order valence-electron chi connectivity index (χ3n) is 3.13. The lowest BCUT2D eigenvalue weighted by atomic mass is 9.82. The number of hydrogen-bond donors (Lipinski definition) is 1. The zero-order valence-corrected chi connectivity index (χ0v) is 9.74. The van der Waals surface area contributed by atoms with Crippen molar-refractivity contribution in [2.45, 2.75) is 32.6 Å². The van der Waals surface area contributed by atoms with Crippen molar-refractivity contribution in [3.8, 4) is 0 Å². The van der Waals surface area contributed by atoms with Gasteiger partial charge in [-0.2, -0.15) is 0 Å². The molecule has 1 atom stereocenters. The second-order valence-electron chi connectivity index (χ2n) is 4.61. The molecule has 0 bridgehead atoms. The maximum Gasteiger partial charge on any atom is 0.311 e. The van der Waals surface area contributed by atoms with Gasteiger partial charge in [-0.15, -0.1) is 6.58 Å². The summed E-state index contributed by atoms with van der Waals surface area (Å²) in [6.45, 7) is 6.29. The highest BCUT2D eigenvalue weighted by Gasteiger charge is 2.38. The van der Waals surface area contributed by atoms with Crippen LogP contribution >= 0.6 is 0 Å². The third-order valence-corrected chi connectivity index (χ3v) is 3.13. The minimum atomic E-state index is -0.811. The zero-order valence-electron chi connectivity index (χ0n) is 9.74. The van der Waals surface area contributed by atoms with Gasteiger partial charge in [0.05, 0.1) is 5.41 Å². The molecule has 1 fully saturated rings. The van der Waals surface area contributed by atoms with Crippen molar-refractivity contribution in [3.63, 3.8) is 0 Å². The van der Waals surface area contributed by atoms with Crippen LogP contribution in [-0.2, 0) is 9.59 Å². The first kappa shape index (κ1) is 12.7. The normalized spacial score (nSPS) is 25.2. The highest BCUT2D eigenvalue weighted by Crippen LogP contribution is 2.29. The van der Waals surface area contributed by atoms with E-state index in [4.69, 9.17) is 5.11 Å². The van der Waals surface area contributed by atoms with Crippen molar-refractivity contribution in [2.75, 3.05) is 13.1 Å². The second kappa shape index (κ2) is 5.14. The predicted molar refractivity (Wildman–Crippen MR) is 61.0 cm³/mol. The van der Waals surface area contributed by atoms with Gasteiger partial charge in [0.25, 0.3) is 0 Å². The molecule has 1 aliphatic heterocycles. The Bertz CT molecular complexity index is 301. The molecule has 1 saturated heterocycles. The second-order valence-corrected chi connectivity index (χ2v) is 4.61. The lowest BCUT2D eigenvalue weighted by Crippen LogP contribution is -2.48. The van der Waals surface area contributed by atoms with Crippen LogP contribution in [0.25, 0.3) is 0 Å². The van der Waals surface area contributed by atoms with E-state index in [1.807, 2.05) is 0 Å². The van der Waals surface area contributed by atoms with Gasteiger partial charge in [-0.25, -0.2) is 0 Å². The molecular formula is C12H19NO3. The van der Waals surface area contributed by atoms with Crippen LogP contribution in [-0.4, -0.2) is 35.0 Å². The molecule has 1 rings (SSSR count). The molecule has 1 N–H and O–H groups in total. The van der Waals surface area contributed by atoms with E-state index < -0.39 is 11.4 Å². The molecule has 0 aromatic heterocycles. The number of carbonyl (C=O) groups excluding carboxylic acids is 1. The molecule has 0 saturated carbocycles. The van der Waals surface area contributed by atoms with Crippen LogP contribution in [0, 0.1) is 5.41 Å². The number of nitrogens with zero attached hydrogens (tertiary/aromatic N) is 1. The fourth-order valence-corrected chi connectivity index (χ4v) is 2.01. The molecule has 1 aliphatic rings. The molecule has 90 valence electrons. The number of hydrogen-bond acceptors (Lipinski definition) is 2. The van der Waals surface area contributed by atoms with Crippen molar-refractivity contribution >= 4 is 11.9 Å². The summed E-state index contributed by atoms with van der Waals surface area (Å²) in [5.41, 5.74) is -0.776. The fourth-order valence-electron chi connectivity index (χ4n) is 2.01. The van der Waals surface area contributed by atoms with E-state index in [9.17, 15) is 9.59 Å². The van der Waals surface area contributed by atoms with Gasteiger partial charge in [0.2, 0.25) is 5.91 Å². The van der Waals surface area contributed by atoms with Gasteiger partial charge in [-0.1, -0.05) is 6.08 Å². The number of carboxylic acid groups (broad SMARTS) is 1. The van der Waals surface area contributed by atoms with Crippen LogP contribution in [0.3, 0.4) is 0 Å². The first-order valence-corrected chi connectivity index (χ1v) is 5.62. The summed E-state index contributed by atoms with van der Waals surface area (Å²) < 4.78 is 0. The van der Waals surface area contributed by atoms with Gasteiger partial charge >= 0.3 is 5.97 Å². The van der Waals surface area contributed by atoms with E-state index in [1.54, 1.807) is 17.9 Å². The summed E-state index contributed by atoms with van der Waals surface area (Å²) in [7, 11) is 0. The summed E-state index contributed by atoms with van der Waals surface area (Å²) in [6, 6.07) is 0. The molecule has 1 amide bonds. The van der Waals surface area contributed by atoms with E-state index in [0.29, 0.717) is 32.4 Å². The van der Waals surface area contributed by atoms with Crippen molar-refractivity contribution < 1.29 is 14.7 Å². The van der Waals surface area contributed by atoms with E-state index in [1.165, 1.54) is 0 Å². The summed E-state index contributed by atoms with van der Waals surface area (Å²) in [5.74, 6) is -0.777. The molecule has 4 nitrogen and oxygen atoms in total. The molecule has 4 heteroatoms. The van der Waals surface area contributed by atoms with Crippen LogP contribution in [0.2, 0.25) is 0 Å². The SMILES string of the molecule is C=CCCC(=O)N1CCCC(C)(C(=O)O)C1. The monoisotopic (exact) mass is 225 g/mol. The van der Waals surface area contributed by atoms with E-state index in [-0.39, 0.29) is 5.91 Å². The standard InChI is InChI=1S/C12H19NO3/c1-3-4-6-10(14)13-8-5-7-12(2,9-13)11(15)16/h3H,1,4-9H2,2H3,(H,15,16). The molecule has 0 aromatic carbocycles. The Hall–Kier alpha value is -1.32. The van der Waals surface area contributed by atoms with Gasteiger partial charge in [-0.3, -0.25) is 9.59 Å². The molecule has 1 unspecified atom stereocenters. The predicted octanol–water partition coefficient (Wildman–Crippen LogP) is 1.67. The number of amides is 1. The number of carbonyl (C=O) groups is 2. The van der Waals surface area contributed by atoms with Crippen molar-refractivity contribution in [2.24, 2.45) is 5.41 Å². The lowest BCUT2D eigenvalue weighted by Gasteiger charge is -2.37. The van der Waals surface area contributed by atoms with Crippen molar-refractivity contribution in [1.82, 2.24) is 4.90 Å². The summed E-state index contributed by atoms with van der Waals surface area (Å²) >= 11 is 0. The Kier molecular flexibility index (Phi) is 4.10. The number of likely N-dealkylation sites (tertiary alicyclic amines) is 1. The smallest absolute Gasteiger partial charge is 0.311 e. The minimum Gasteiger partial charge on any atom is -0.481 e. The van der Waals surface area contributed by atoms with Gasteiger partial charge in [0.15, 0.2) is 0 Å². The Morgan fingerprint density at radius 1 is 1.56 bits per heavy atom. The Morgan fingerprint density at radius 3 is 2.81 bits per heavy atom. The number of allylic oxidation sites excluding steroid dienone is 1. The first-order valence-electron chi connectivity index (χ1n) is 5.62. The summed E-state index contributed by atoms with van der Waals surface area (Å²) in [6.07, 6.45) is 4.20. The Morgan fingerprint density at radius 2 is 2.25 bits per heavy atom. The Labute approximate surface area is 95.9 Å². The van der Waals surface area contributed by atoms with Gasteiger partial charge < -0.3 is 10.0 Å². The minimum absolute atomic E-state index is 0.0343. The topological polar surface area (TPSA) is 57.6 Å². The van der Waals surface area contributed by atoms with E-state index in [0.717, 1.165) is 6.42 Å². The largest absolute Gasteiger partial charge is 0.481 e. The van der Waals surface area contributed by atoms with Crippen LogP contribution in [0.1, 0.15) is 32.6 Å². The first-order chi connectivity index (χ1) is 7.49. The number of aliphatic carboxylic acids is 1. The highest BCUT2D eigenvalue weighted by molar-refractivity contribution is 5.79. The van der Waals surface area contributed by atoms with Gasteiger partial charge in [0, 0.05) is 19.5 Å². The van der Waals surface area contributed by atoms with Gasteiger partial charge in [-0.05, 0) is 26.2 Å². The zero-order chi connectivity index (χ0) is 12.2. The van der Waals surface area contributed by atoms with Crippen LogP contribution in [0.4, 0.5) is 0 Å². The summed E-state index contributed by atoms with van der Waals surface area (Å²) in [4.78, 5) is 24.5. The quantitative estimate of drug-likeness (QED) is 0.740. The average Bonchev–Trinajstić information content (AvgIpc) is 2.25. The molecule has 0 aromatic rings. The molecule has 0 spiro atoms. The molecular weight excluding hydrogens is 206 g/mol. The van der Waals surface area contributed by atoms with Crippen LogP contribution in [0.5, 0.6) is 0 Å². The number of piperidine rings is 1. The highest BCUT2D eigenvalue weighted by atomic mass is 16.4. The lowest BCUT2D eigenvalue weighted by molar-refractivity contribution is -0.153. The third kappa shape index (κ3) is 2.84. The number of rotatable bonds is 4. The molecule has 1 heterocycles. The van der Waals surface area contributed by atoms with Crippen molar-refractivity contribution in [1.29, 1.82) is 0 Å². The summed E-state index contributed by atoms with van der Waals surface area (Å²) in [5, 5.41) is 9.12. The average molecular weight is 225 g/mol. The van der Waals surface area contributed by atoms with Gasteiger partial charge in [0.1, 0.15) is 0 Å². The molecule has 0 aliphatic carbocycles. The maximum atomic E-state index is 11.8. The maximum absolute atomic E-state index is 11.8. The molecule has 0 radical (unpaired) electrons. The fraction of sp³-hybridized carbons (Fsp3) is 0.667. The van der Waals surface area contributed by atoms with Crippen LogP contribution < -0.4 is 0 Å². The van der Waals surface area contributed by atoms with Crippen molar-refractivity contribution in [3.05, 3.63) is 12.7 Å². The van der Waals surface area contributed by atoms with Crippen LogP contribution in [0.15, 0.2) is 12.7 Å². The molecule has 16 heavy (non-hydrogen) atoms. The van der Waals surface area contributed by atoms with E-state index in [2.05, 4.69) is 6.58 Å². The Balaban J connectivity index is 2.59. The number of carboxylic acids is 1.